The van der Waals surface area contributed by atoms with E-state index in [1.54, 1.807) is 70.6 Å². The number of alkyl carbamates (subject to hydrolysis) is 1. The van der Waals surface area contributed by atoms with Crippen LogP contribution in [0, 0.1) is 0 Å². The number of hydrogen-bond donors (Lipinski definition) is 3. The highest BCUT2D eigenvalue weighted by Crippen LogP contribution is 2.22. The molecule has 0 spiro atoms. The Morgan fingerprint density at radius 2 is 1.42 bits per heavy atom. The average molecular weight is 680 g/mol. The van der Waals surface area contributed by atoms with Gasteiger partial charge in [0.2, 0.25) is 12.8 Å². The highest BCUT2D eigenvalue weighted by molar-refractivity contribution is 8.26. The Morgan fingerprint density at radius 1 is 0.806 bits per heavy atom. The minimum atomic E-state index is -0.383. The van der Waals surface area contributed by atoms with Crippen LogP contribution < -0.4 is 5.32 Å². The number of nitrogens with one attached hydrogen (secondary N) is 1. The molecule has 0 aromatic heterocycles. The summed E-state index contributed by atoms with van der Waals surface area (Å²) in [6.45, 7) is 0.426. The number of thiol groups is 1. The van der Waals surface area contributed by atoms with E-state index in [9.17, 15) is 4.79 Å². The van der Waals surface area contributed by atoms with Crippen molar-refractivity contribution in [1.29, 1.82) is 0 Å². The van der Waals surface area contributed by atoms with Crippen LogP contribution in [0.3, 0.4) is 0 Å². The van der Waals surface area contributed by atoms with Gasteiger partial charge < -0.3 is 24.9 Å². The second kappa shape index (κ2) is 34.3. The Labute approximate surface area is 252 Å². The zero-order chi connectivity index (χ0) is 26.2. The third kappa shape index (κ3) is 33.3. The molecule has 1 amide bonds. The number of thioether (sulfide) groups is 8. The lowest BCUT2D eigenvalue weighted by Gasteiger charge is -2.07. The molecule has 0 aliphatic rings. The summed E-state index contributed by atoms with van der Waals surface area (Å²) in [4.78, 5) is 38.5. The molecule has 10 nitrogen and oxygen atoms in total. The number of nitrogens with zero attached hydrogens (tertiary/aromatic N) is 2. The van der Waals surface area contributed by atoms with Crippen molar-refractivity contribution in [2.45, 2.75) is 6.42 Å². The summed E-state index contributed by atoms with van der Waals surface area (Å²) < 4.78 is 5.14. The van der Waals surface area contributed by atoms with Crippen LogP contribution in [0.4, 0.5) is 4.79 Å². The molecular formula is C17H33N3O7S9. The molecule has 0 saturated carbocycles. The molecule has 0 saturated heterocycles. The van der Waals surface area contributed by atoms with E-state index in [-0.39, 0.29) is 12.7 Å². The molecule has 212 valence electrons. The molecular weight excluding hydrogens is 647 g/mol. The fraction of sp³-hybridized carbons (Fsp3) is 0.824. The van der Waals surface area contributed by atoms with E-state index in [0.29, 0.717) is 42.5 Å². The van der Waals surface area contributed by atoms with Crippen LogP contribution in [0.15, 0.2) is 9.98 Å². The van der Waals surface area contributed by atoms with Gasteiger partial charge in [-0.2, -0.15) is 22.4 Å². The third-order valence-electron chi connectivity index (χ3n) is 2.73. The fourth-order valence-electron chi connectivity index (χ4n) is 1.36. The number of rotatable bonds is 28. The van der Waals surface area contributed by atoms with E-state index in [0.717, 1.165) is 30.5 Å². The molecule has 0 rings (SSSR count). The van der Waals surface area contributed by atoms with Crippen molar-refractivity contribution in [1.82, 2.24) is 5.32 Å². The predicted molar refractivity (Wildman–Crippen MR) is 171 cm³/mol. The topological polar surface area (TPSA) is 120 Å². The minimum absolute atomic E-state index is 0.0800. The van der Waals surface area contributed by atoms with Gasteiger partial charge in [0.15, 0.2) is 0 Å². The average Bonchev–Trinajstić information content (AvgIpc) is 2.88. The van der Waals surface area contributed by atoms with Crippen LogP contribution >= 0.6 is 107 Å². The molecule has 0 aromatic rings. The quantitative estimate of drug-likeness (QED) is 0.0187. The van der Waals surface area contributed by atoms with Crippen LogP contribution in [0.2, 0.25) is 0 Å². The highest BCUT2D eigenvalue weighted by atomic mass is 32.3. The van der Waals surface area contributed by atoms with Gasteiger partial charge in [0.1, 0.15) is 11.9 Å². The van der Waals surface area contributed by atoms with Crippen molar-refractivity contribution in [3.05, 3.63) is 0 Å². The Hall–Kier alpha value is 1.24. The van der Waals surface area contributed by atoms with Crippen LogP contribution in [0.1, 0.15) is 6.42 Å². The first-order valence-corrected chi connectivity index (χ1v) is 20.0. The SMILES string of the molecule is O=C(NCSCSCSCSC/N=C/OOCCCO)OCSCSCSCSCOO/C=N\CS. The summed E-state index contributed by atoms with van der Waals surface area (Å²) in [5.41, 5.74) is 0. The number of amides is 1. The maximum absolute atomic E-state index is 11.6. The van der Waals surface area contributed by atoms with Crippen LogP contribution in [-0.4, -0.2) is 97.2 Å². The molecule has 0 heterocycles. The fourth-order valence-corrected chi connectivity index (χ4v) is 9.67. The van der Waals surface area contributed by atoms with Crippen molar-refractivity contribution in [3.8, 4) is 0 Å². The molecule has 19 heteroatoms. The Balaban J connectivity index is 3.19. The third-order valence-corrected chi connectivity index (χ3v) is 12.1. The Bertz CT molecular complexity index is 532. The molecule has 2 N–H and O–H groups in total. The summed E-state index contributed by atoms with van der Waals surface area (Å²) >= 11 is 17.6. The number of ether oxygens (including phenoxy) is 1. The van der Waals surface area contributed by atoms with E-state index in [1.165, 1.54) is 12.8 Å². The number of hydrogen-bond acceptors (Lipinski definition) is 18. The normalized spacial score (nSPS) is 11.4. The molecule has 0 unspecified atom stereocenters. The highest BCUT2D eigenvalue weighted by Gasteiger charge is 2.01. The number of aliphatic hydroxyl groups is 1. The summed E-state index contributed by atoms with van der Waals surface area (Å²) in [6.07, 6.45) is 2.66. The van der Waals surface area contributed by atoms with E-state index < -0.39 is 0 Å². The van der Waals surface area contributed by atoms with E-state index in [1.807, 2.05) is 23.5 Å². The van der Waals surface area contributed by atoms with Gasteiger partial charge in [0.25, 0.3) is 0 Å². The zero-order valence-electron chi connectivity index (χ0n) is 19.6. The van der Waals surface area contributed by atoms with Gasteiger partial charge in [-0.15, -0.1) is 94.1 Å². The summed E-state index contributed by atoms with van der Waals surface area (Å²) in [5, 5.41) is 16.9. The minimum Gasteiger partial charge on any atom is -0.438 e. The zero-order valence-corrected chi connectivity index (χ0v) is 27.0. The second-order valence-corrected chi connectivity index (χ2v) is 15.6. The van der Waals surface area contributed by atoms with Gasteiger partial charge in [-0.1, -0.05) is 0 Å². The predicted octanol–water partition coefficient (Wildman–Crippen LogP) is 5.38. The van der Waals surface area contributed by atoms with Crippen LogP contribution in [0.5, 0.6) is 0 Å². The molecule has 0 radical (unpaired) electrons. The van der Waals surface area contributed by atoms with E-state index in [4.69, 9.17) is 29.4 Å². The number of aliphatic imine (C=N–C) groups is 2. The number of carbonyl (C=O) groups excluding carboxylic acids is 1. The lowest BCUT2D eigenvalue weighted by molar-refractivity contribution is -0.217. The molecule has 0 bridgehead atoms. The van der Waals surface area contributed by atoms with Gasteiger partial charge in [0, 0.05) is 37.1 Å². The molecule has 0 aliphatic carbocycles. The Kier molecular flexibility index (Phi) is 35.4. The summed E-state index contributed by atoms with van der Waals surface area (Å²) in [7, 11) is 0. The smallest absolute Gasteiger partial charge is 0.408 e. The van der Waals surface area contributed by atoms with Crippen LogP contribution in [0.25, 0.3) is 0 Å². The van der Waals surface area contributed by atoms with Gasteiger partial charge in [-0.05, 0) is 6.42 Å². The molecule has 0 aliphatic heterocycles. The molecule has 36 heavy (non-hydrogen) atoms. The van der Waals surface area contributed by atoms with Crippen molar-refractivity contribution in [2.75, 3.05) is 73.2 Å². The van der Waals surface area contributed by atoms with Gasteiger partial charge in [0.05, 0.1) is 24.2 Å². The van der Waals surface area contributed by atoms with Gasteiger partial charge in [-0.3, -0.25) is 0 Å². The summed E-state index contributed by atoms with van der Waals surface area (Å²) in [5.74, 6) is 2.30. The van der Waals surface area contributed by atoms with E-state index >= 15 is 0 Å². The molecule has 0 fully saturated rings. The van der Waals surface area contributed by atoms with Gasteiger partial charge >= 0.3 is 6.09 Å². The second-order valence-electron chi connectivity index (χ2n) is 5.38. The van der Waals surface area contributed by atoms with Crippen molar-refractivity contribution in [3.63, 3.8) is 0 Å². The number of carbonyl (C=O) groups is 1. The van der Waals surface area contributed by atoms with E-state index in [2.05, 4.69) is 27.9 Å². The Morgan fingerprint density at radius 3 is 2.14 bits per heavy atom. The largest absolute Gasteiger partial charge is 0.438 e. The number of aliphatic hydroxyl groups excluding tert-OH is 1. The first-order valence-electron chi connectivity index (χ1n) is 10.1. The van der Waals surface area contributed by atoms with Crippen LogP contribution in [-0.2, 0) is 24.3 Å². The molecule has 0 atom stereocenters. The lowest BCUT2D eigenvalue weighted by atomic mass is 10.5. The van der Waals surface area contributed by atoms with Crippen molar-refractivity contribution in [2.24, 2.45) is 9.98 Å². The lowest BCUT2D eigenvalue weighted by Crippen LogP contribution is -2.23. The first-order chi connectivity index (χ1) is 17.8. The first kappa shape index (κ1) is 37.2. The van der Waals surface area contributed by atoms with Crippen molar-refractivity contribution >= 4 is 126 Å². The van der Waals surface area contributed by atoms with Crippen molar-refractivity contribution < 1.29 is 34.2 Å². The monoisotopic (exact) mass is 679 g/mol. The maximum atomic E-state index is 11.6. The molecule has 0 aromatic carbocycles. The maximum Gasteiger partial charge on any atom is 0.408 e. The summed E-state index contributed by atoms with van der Waals surface area (Å²) in [6, 6.07) is 0. The standard InChI is InChI=1S/C17H33N3O7S9/c21-2-1-3-24-25-5-19-7-29-11-33-15-34-12-30-8-20-17(22)23-9-31-13-35-16-36-14-32-10-27-26-4-18-6-28/h4-5,21,28H,1-3,6-16H2,(H,20,22)/b18-4-,19-5+. The van der Waals surface area contributed by atoms with Gasteiger partial charge in [-0.25, -0.2) is 14.8 Å².